The van der Waals surface area contributed by atoms with Crippen molar-refractivity contribution < 1.29 is 4.79 Å². The third-order valence-electron chi connectivity index (χ3n) is 2.20. The van der Waals surface area contributed by atoms with E-state index in [1.54, 1.807) is 0 Å². The highest BCUT2D eigenvalue weighted by Crippen LogP contribution is 2.44. The molecular weight excluding hydrogens is 102 g/mol. The van der Waals surface area contributed by atoms with Crippen LogP contribution in [-0.4, -0.2) is 18.9 Å². The molecule has 3 atom stereocenters. The van der Waals surface area contributed by atoms with Gasteiger partial charge >= 0.3 is 0 Å². The lowest BCUT2D eigenvalue weighted by atomic mass is 10.2. The van der Waals surface area contributed by atoms with Gasteiger partial charge in [0.05, 0.1) is 6.04 Å². The summed E-state index contributed by atoms with van der Waals surface area (Å²) >= 11 is 0. The fraction of sp³-hybridized carbons (Fsp3) is 0.833. The van der Waals surface area contributed by atoms with Crippen molar-refractivity contribution in [2.24, 2.45) is 11.8 Å². The number of carbonyl (C=O) groups is 1. The molecule has 2 heteroatoms. The van der Waals surface area contributed by atoms with Crippen LogP contribution in [-0.2, 0) is 4.79 Å². The highest BCUT2D eigenvalue weighted by molar-refractivity contribution is 5.60. The lowest BCUT2D eigenvalue weighted by Gasteiger charge is -2.00. The summed E-state index contributed by atoms with van der Waals surface area (Å²) in [6.07, 6.45) is 2.33. The molecule has 1 N–H and O–H groups in total. The highest BCUT2D eigenvalue weighted by atomic mass is 16.1. The second-order valence-corrected chi connectivity index (χ2v) is 2.73. The van der Waals surface area contributed by atoms with Gasteiger partial charge in [-0.25, -0.2) is 0 Å². The second kappa shape index (κ2) is 1.32. The largest absolute Gasteiger partial charge is 0.307 e. The molecule has 8 heavy (non-hydrogen) atoms. The highest BCUT2D eigenvalue weighted by Gasteiger charge is 2.47. The van der Waals surface area contributed by atoms with Gasteiger partial charge in [-0.1, -0.05) is 0 Å². The lowest BCUT2D eigenvalue weighted by molar-refractivity contribution is -0.109. The summed E-state index contributed by atoms with van der Waals surface area (Å²) in [5.74, 6) is 1.57. The van der Waals surface area contributed by atoms with E-state index in [-0.39, 0.29) is 6.04 Å². The maximum absolute atomic E-state index is 10.2. The van der Waals surface area contributed by atoms with E-state index in [9.17, 15) is 4.79 Å². The predicted octanol–water partition coefficient (Wildman–Crippen LogP) is -0.207. The summed E-state index contributed by atoms with van der Waals surface area (Å²) < 4.78 is 0. The van der Waals surface area contributed by atoms with Crippen molar-refractivity contribution in [3.8, 4) is 0 Å². The number of carbonyl (C=O) groups excluding carboxylic acids is 1. The Hall–Kier alpha value is -0.370. The smallest absolute Gasteiger partial charge is 0.137 e. The summed E-state index contributed by atoms with van der Waals surface area (Å²) in [5, 5.41) is 3.14. The third kappa shape index (κ3) is 0.436. The Morgan fingerprint density at radius 1 is 1.62 bits per heavy atom. The van der Waals surface area contributed by atoms with Crippen LogP contribution in [0.5, 0.6) is 0 Å². The Morgan fingerprint density at radius 3 is 2.75 bits per heavy atom. The van der Waals surface area contributed by atoms with E-state index >= 15 is 0 Å². The van der Waals surface area contributed by atoms with Crippen LogP contribution in [0.15, 0.2) is 0 Å². The number of hydrogen-bond acceptors (Lipinski definition) is 2. The molecule has 2 rings (SSSR count). The van der Waals surface area contributed by atoms with Gasteiger partial charge in [0.2, 0.25) is 0 Å². The van der Waals surface area contributed by atoms with Crippen LogP contribution < -0.4 is 5.32 Å². The molecule has 2 aliphatic rings. The van der Waals surface area contributed by atoms with Crippen LogP contribution in [0.2, 0.25) is 0 Å². The van der Waals surface area contributed by atoms with Crippen molar-refractivity contribution in [2.45, 2.75) is 12.5 Å². The topological polar surface area (TPSA) is 29.1 Å². The van der Waals surface area contributed by atoms with E-state index in [0.29, 0.717) is 5.92 Å². The number of hydrogen-bond donors (Lipinski definition) is 1. The Morgan fingerprint density at radius 2 is 2.50 bits per heavy atom. The van der Waals surface area contributed by atoms with Gasteiger partial charge in [-0.05, 0) is 24.8 Å². The summed E-state index contributed by atoms with van der Waals surface area (Å²) in [4.78, 5) is 10.2. The van der Waals surface area contributed by atoms with Crippen LogP contribution >= 0.6 is 0 Å². The summed E-state index contributed by atoms with van der Waals surface area (Å²) in [5.41, 5.74) is 0. The molecule has 0 radical (unpaired) electrons. The molecule has 1 aliphatic carbocycles. The van der Waals surface area contributed by atoms with E-state index in [4.69, 9.17) is 0 Å². The number of fused-ring (bicyclic) bond motifs is 1. The fourth-order valence-electron chi connectivity index (χ4n) is 1.53. The first kappa shape index (κ1) is 4.50. The Labute approximate surface area is 48.3 Å². The maximum Gasteiger partial charge on any atom is 0.137 e. The van der Waals surface area contributed by atoms with Crippen LogP contribution in [0.4, 0.5) is 0 Å². The van der Waals surface area contributed by atoms with E-state index in [1.807, 2.05) is 0 Å². The molecule has 0 bridgehead atoms. The first-order valence-electron chi connectivity index (χ1n) is 3.10. The molecule has 1 heterocycles. The SMILES string of the molecule is O=C[C@H]1NC[C@@H]2C[C@@H]21. The van der Waals surface area contributed by atoms with Gasteiger partial charge in [0, 0.05) is 0 Å². The molecule has 2 nitrogen and oxygen atoms in total. The molecule has 44 valence electrons. The summed E-state index contributed by atoms with van der Waals surface area (Å²) in [7, 11) is 0. The van der Waals surface area contributed by atoms with Crippen molar-refractivity contribution in [3.05, 3.63) is 0 Å². The normalized spacial score (nSPS) is 50.8. The number of rotatable bonds is 1. The van der Waals surface area contributed by atoms with Gasteiger partial charge in [0.15, 0.2) is 0 Å². The Kier molecular flexibility index (Phi) is 0.742. The molecule has 2 fully saturated rings. The molecule has 1 aliphatic heterocycles. The molecule has 1 saturated heterocycles. The number of nitrogens with one attached hydrogen (secondary N) is 1. The number of aldehydes is 1. The molecule has 0 aromatic rings. The van der Waals surface area contributed by atoms with Gasteiger partial charge in [-0.15, -0.1) is 0 Å². The van der Waals surface area contributed by atoms with E-state index in [1.165, 1.54) is 6.42 Å². The van der Waals surface area contributed by atoms with Gasteiger partial charge < -0.3 is 10.1 Å². The molecule has 0 amide bonds. The van der Waals surface area contributed by atoms with Crippen LogP contribution in [0, 0.1) is 11.8 Å². The standard InChI is InChI=1S/C6H9NO/c8-3-6-5-1-4(5)2-7-6/h3-7H,1-2H2/t4-,5-,6+/m0/s1. The molecule has 1 saturated carbocycles. The zero-order valence-corrected chi connectivity index (χ0v) is 4.63. The van der Waals surface area contributed by atoms with Crippen molar-refractivity contribution in [3.63, 3.8) is 0 Å². The zero-order chi connectivity index (χ0) is 5.56. The predicted molar refractivity (Wildman–Crippen MR) is 29.5 cm³/mol. The zero-order valence-electron chi connectivity index (χ0n) is 4.63. The van der Waals surface area contributed by atoms with Gasteiger partial charge in [-0.2, -0.15) is 0 Å². The summed E-state index contributed by atoms with van der Waals surface area (Å²) in [6.45, 7) is 1.08. The fourth-order valence-corrected chi connectivity index (χ4v) is 1.53. The van der Waals surface area contributed by atoms with E-state index < -0.39 is 0 Å². The monoisotopic (exact) mass is 111 g/mol. The Bertz CT molecular complexity index is 124. The molecule has 0 spiro atoms. The molecule has 0 unspecified atom stereocenters. The Balaban J connectivity index is 2.06. The molecule has 0 aromatic heterocycles. The van der Waals surface area contributed by atoms with Crippen molar-refractivity contribution in [1.82, 2.24) is 5.32 Å². The van der Waals surface area contributed by atoms with Crippen LogP contribution in [0.1, 0.15) is 6.42 Å². The minimum atomic E-state index is 0.208. The van der Waals surface area contributed by atoms with Crippen LogP contribution in [0.25, 0.3) is 0 Å². The third-order valence-corrected chi connectivity index (χ3v) is 2.20. The van der Waals surface area contributed by atoms with Crippen molar-refractivity contribution in [1.29, 1.82) is 0 Å². The van der Waals surface area contributed by atoms with Gasteiger partial charge in [-0.3, -0.25) is 0 Å². The van der Waals surface area contributed by atoms with Gasteiger partial charge in [0.25, 0.3) is 0 Å². The number of piperidine rings is 1. The summed E-state index contributed by atoms with van der Waals surface area (Å²) in [6, 6.07) is 0.208. The van der Waals surface area contributed by atoms with Crippen LogP contribution in [0.3, 0.4) is 0 Å². The second-order valence-electron chi connectivity index (χ2n) is 2.73. The first-order valence-corrected chi connectivity index (χ1v) is 3.10. The van der Waals surface area contributed by atoms with E-state index in [0.717, 1.165) is 18.7 Å². The first-order chi connectivity index (χ1) is 3.92. The van der Waals surface area contributed by atoms with Crippen molar-refractivity contribution >= 4 is 6.29 Å². The lowest BCUT2D eigenvalue weighted by Crippen LogP contribution is -2.27. The average Bonchev–Trinajstić information content (AvgIpc) is 2.46. The average molecular weight is 111 g/mol. The van der Waals surface area contributed by atoms with Gasteiger partial charge in [0.1, 0.15) is 6.29 Å². The van der Waals surface area contributed by atoms with E-state index in [2.05, 4.69) is 5.32 Å². The minimum absolute atomic E-state index is 0.208. The molecular formula is C6H9NO. The van der Waals surface area contributed by atoms with Crippen molar-refractivity contribution in [2.75, 3.05) is 6.54 Å². The molecule has 0 aromatic carbocycles. The minimum Gasteiger partial charge on any atom is -0.307 e. The maximum atomic E-state index is 10.2. The quantitative estimate of drug-likeness (QED) is 0.474.